The van der Waals surface area contributed by atoms with Crippen molar-refractivity contribution in [2.75, 3.05) is 13.7 Å². The molecule has 1 unspecified atom stereocenters. The van der Waals surface area contributed by atoms with E-state index in [0.717, 1.165) is 13.6 Å². The van der Waals surface area contributed by atoms with E-state index in [-0.39, 0.29) is 12.6 Å². The molecule has 2 nitrogen and oxygen atoms in total. The molecule has 0 aliphatic heterocycles. The summed E-state index contributed by atoms with van der Waals surface area (Å²) in [5.74, 6) is 0. The lowest BCUT2D eigenvalue weighted by Gasteiger charge is -2.15. The number of hydrogen-bond acceptors (Lipinski definition) is 2. The van der Waals surface area contributed by atoms with Gasteiger partial charge in [0.25, 0.3) is 0 Å². The molecule has 0 fully saturated rings. The topological polar surface area (TPSA) is 32.3 Å². The lowest BCUT2D eigenvalue weighted by molar-refractivity contribution is 0.250. The quantitative estimate of drug-likeness (QED) is 0.815. The van der Waals surface area contributed by atoms with Crippen LogP contribution in [0.1, 0.15) is 11.6 Å². The molecule has 1 aromatic rings. The smallest absolute Gasteiger partial charge is 0.0626 e. The average Bonchev–Trinajstić information content (AvgIpc) is 2.13. The molecule has 0 aliphatic rings. The van der Waals surface area contributed by atoms with Crippen LogP contribution in [0.4, 0.5) is 0 Å². The molecule has 1 atom stereocenters. The Kier molecular flexibility index (Phi) is 4.64. The highest BCUT2D eigenvalue weighted by atomic mass is 127. The predicted molar refractivity (Wildman–Crippen MR) is 65.7 cm³/mol. The predicted octanol–water partition coefficient (Wildman–Crippen LogP) is 2.31. The van der Waals surface area contributed by atoms with Gasteiger partial charge in [-0.1, -0.05) is 15.9 Å². The second-order valence-electron chi connectivity index (χ2n) is 2.69. The molecule has 0 saturated heterocycles. The lowest BCUT2D eigenvalue weighted by Crippen LogP contribution is -2.20. The maximum Gasteiger partial charge on any atom is 0.0626 e. The molecular formula is C9H11BrINO. The molecule has 1 rings (SSSR count). The summed E-state index contributed by atoms with van der Waals surface area (Å²) in [5.41, 5.74) is 1.12. The Bertz CT molecular complexity index is 289. The van der Waals surface area contributed by atoms with Crippen molar-refractivity contribution in [3.63, 3.8) is 0 Å². The molecule has 0 bridgehead atoms. The average molecular weight is 356 g/mol. The van der Waals surface area contributed by atoms with Crippen molar-refractivity contribution in [1.29, 1.82) is 0 Å². The zero-order chi connectivity index (χ0) is 9.84. The van der Waals surface area contributed by atoms with Crippen LogP contribution >= 0.6 is 38.5 Å². The molecule has 72 valence electrons. The van der Waals surface area contributed by atoms with Crippen LogP contribution in [0.3, 0.4) is 0 Å². The van der Waals surface area contributed by atoms with Gasteiger partial charge in [-0.2, -0.15) is 0 Å². The van der Waals surface area contributed by atoms with E-state index in [1.165, 1.54) is 0 Å². The van der Waals surface area contributed by atoms with Crippen LogP contribution in [-0.2, 0) is 0 Å². The third-order valence-electron chi connectivity index (χ3n) is 1.86. The molecule has 1 aromatic carbocycles. The van der Waals surface area contributed by atoms with Crippen LogP contribution in [-0.4, -0.2) is 18.8 Å². The van der Waals surface area contributed by atoms with Gasteiger partial charge in [-0.05, 0) is 53.4 Å². The third-order valence-corrected chi connectivity index (χ3v) is 3.34. The molecule has 0 heterocycles. The van der Waals surface area contributed by atoms with Gasteiger partial charge in [0, 0.05) is 8.04 Å². The SMILES string of the molecule is CNC(CO)c1cc(Br)ccc1I. The van der Waals surface area contributed by atoms with Gasteiger partial charge in [-0.3, -0.25) is 0 Å². The van der Waals surface area contributed by atoms with E-state index in [9.17, 15) is 0 Å². The Labute approximate surface area is 100.0 Å². The minimum absolute atomic E-state index is 0.0180. The largest absolute Gasteiger partial charge is 0.394 e. The second-order valence-corrected chi connectivity index (χ2v) is 4.77. The highest BCUT2D eigenvalue weighted by molar-refractivity contribution is 14.1. The highest BCUT2D eigenvalue weighted by Crippen LogP contribution is 2.23. The fourth-order valence-electron chi connectivity index (χ4n) is 1.13. The van der Waals surface area contributed by atoms with Crippen LogP contribution in [0, 0.1) is 3.57 Å². The van der Waals surface area contributed by atoms with Gasteiger partial charge in [0.2, 0.25) is 0 Å². The van der Waals surface area contributed by atoms with E-state index in [4.69, 9.17) is 5.11 Å². The van der Waals surface area contributed by atoms with Gasteiger partial charge < -0.3 is 10.4 Å². The Balaban J connectivity index is 3.03. The number of aliphatic hydroxyl groups is 1. The van der Waals surface area contributed by atoms with Crippen LogP contribution in [0.15, 0.2) is 22.7 Å². The standard InChI is InChI=1S/C9H11BrINO/c1-12-9(5-13)7-4-6(10)2-3-8(7)11/h2-4,9,12-13H,5H2,1H3. The number of benzene rings is 1. The zero-order valence-corrected chi connectivity index (χ0v) is 11.0. The minimum atomic E-state index is 0.0180. The molecule has 0 amide bonds. The molecule has 0 spiro atoms. The van der Waals surface area contributed by atoms with Crippen LogP contribution in [0.5, 0.6) is 0 Å². The first-order chi connectivity index (χ1) is 6.19. The molecule has 0 aromatic heterocycles. The zero-order valence-electron chi connectivity index (χ0n) is 7.22. The molecule has 0 aliphatic carbocycles. The van der Waals surface area contributed by atoms with E-state index < -0.39 is 0 Å². The second kappa shape index (κ2) is 5.29. The highest BCUT2D eigenvalue weighted by Gasteiger charge is 2.11. The van der Waals surface area contributed by atoms with Gasteiger partial charge in [-0.15, -0.1) is 0 Å². The molecule has 13 heavy (non-hydrogen) atoms. The number of aliphatic hydroxyl groups excluding tert-OH is 1. The summed E-state index contributed by atoms with van der Waals surface area (Å²) in [6.07, 6.45) is 0. The van der Waals surface area contributed by atoms with Crippen molar-refractivity contribution in [3.05, 3.63) is 31.8 Å². The van der Waals surface area contributed by atoms with Gasteiger partial charge in [0.05, 0.1) is 12.6 Å². The van der Waals surface area contributed by atoms with Crippen molar-refractivity contribution >= 4 is 38.5 Å². The summed E-state index contributed by atoms with van der Waals surface area (Å²) in [6, 6.07) is 6.07. The molecule has 2 N–H and O–H groups in total. The number of hydrogen-bond donors (Lipinski definition) is 2. The van der Waals surface area contributed by atoms with Crippen molar-refractivity contribution in [2.45, 2.75) is 6.04 Å². The first kappa shape index (κ1) is 11.4. The summed E-state index contributed by atoms with van der Waals surface area (Å²) in [4.78, 5) is 0. The fraction of sp³-hybridized carbons (Fsp3) is 0.333. The van der Waals surface area contributed by atoms with Crippen molar-refractivity contribution in [2.24, 2.45) is 0 Å². The normalized spacial score (nSPS) is 12.9. The summed E-state index contributed by atoms with van der Waals surface area (Å²) in [7, 11) is 1.85. The van der Waals surface area contributed by atoms with Crippen LogP contribution in [0.2, 0.25) is 0 Å². The van der Waals surface area contributed by atoms with E-state index >= 15 is 0 Å². The Morgan fingerprint density at radius 3 is 2.85 bits per heavy atom. The molecule has 0 saturated carbocycles. The maximum absolute atomic E-state index is 9.11. The van der Waals surface area contributed by atoms with Gasteiger partial charge in [0.1, 0.15) is 0 Å². The first-order valence-corrected chi connectivity index (χ1v) is 5.79. The Hall–Kier alpha value is 0.350. The van der Waals surface area contributed by atoms with E-state index in [2.05, 4.69) is 43.8 Å². The summed E-state index contributed by atoms with van der Waals surface area (Å²) < 4.78 is 2.20. The lowest BCUT2D eigenvalue weighted by atomic mass is 10.1. The van der Waals surface area contributed by atoms with E-state index in [0.29, 0.717) is 0 Å². The van der Waals surface area contributed by atoms with Crippen molar-refractivity contribution in [1.82, 2.24) is 5.32 Å². The number of nitrogens with one attached hydrogen (secondary N) is 1. The van der Waals surface area contributed by atoms with E-state index in [1.54, 1.807) is 0 Å². The summed E-state index contributed by atoms with van der Waals surface area (Å²) in [5, 5.41) is 12.2. The fourth-order valence-corrected chi connectivity index (χ4v) is 2.22. The summed E-state index contributed by atoms with van der Waals surface area (Å²) in [6.45, 7) is 0.114. The van der Waals surface area contributed by atoms with Gasteiger partial charge in [0.15, 0.2) is 0 Å². The van der Waals surface area contributed by atoms with Crippen molar-refractivity contribution < 1.29 is 5.11 Å². The number of likely N-dealkylation sites (N-methyl/N-ethyl adjacent to an activating group) is 1. The maximum atomic E-state index is 9.11. The minimum Gasteiger partial charge on any atom is -0.394 e. The van der Waals surface area contributed by atoms with Crippen LogP contribution in [0.25, 0.3) is 0 Å². The molecule has 0 radical (unpaired) electrons. The van der Waals surface area contributed by atoms with Gasteiger partial charge in [-0.25, -0.2) is 0 Å². The van der Waals surface area contributed by atoms with E-state index in [1.807, 2.05) is 25.2 Å². The summed E-state index contributed by atoms with van der Waals surface area (Å²) >= 11 is 5.68. The Morgan fingerprint density at radius 2 is 2.31 bits per heavy atom. The van der Waals surface area contributed by atoms with Crippen molar-refractivity contribution in [3.8, 4) is 0 Å². The Morgan fingerprint density at radius 1 is 1.62 bits per heavy atom. The molecular weight excluding hydrogens is 345 g/mol. The van der Waals surface area contributed by atoms with Crippen LogP contribution < -0.4 is 5.32 Å². The number of rotatable bonds is 3. The monoisotopic (exact) mass is 355 g/mol. The molecule has 4 heteroatoms. The van der Waals surface area contributed by atoms with Gasteiger partial charge >= 0.3 is 0 Å². The first-order valence-electron chi connectivity index (χ1n) is 3.92. The number of halogens is 2. The third kappa shape index (κ3) is 2.90.